The van der Waals surface area contributed by atoms with Gasteiger partial charge in [0.1, 0.15) is 17.4 Å². The summed E-state index contributed by atoms with van der Waals surface area (Å²) in [6.07, 6.45) is 3.08. The number of hydrogen-bond donors (Lipinski definition) is 2. The van der Waals surface area contributed by atoms with Crippen molar-refractivity contribution in [3.63, 3.8) is 0 Å². The fourth-order valence-electron chi connectivity index (χ4n) is 1.68. The molecule has 22 heavy (non-hydrogen) atoms. The number of carbonyl (C=O) groups is 1. The van der Waals surface area contributed by atoms with Crippen molar-refractivity contribution in [3.05, 3.63) is 65.9 Å². The molecule has 2 N–H and O–H groups in total. The minimum Gasteiger partial charge on any atom is -0.497 e. The van der Waals surface area contributed by atoms with Gasteiger partial charge in [0.15, 0.2) is 0 Å². The lowest BCUT2D eigenvalue weighted by molar-refractivity contribution is 0.255. The average Bonchev–Trinajstić information content (AvgIpc) is 2.51. The number of nitrogens with one attached hydrogen (secondary N) is 2. The SMILES string of the molecule is COc1ccc(/C=C/NC(=O)Nc2ccc(F)cc2F)cc1. The minimum absolute atomic E-state index is 0.100. The van der Waals surface area contributed by atoms with Crippen LogP contribution in [0.2, 0.25) is 0 Å². The fraction of sp³-hybridized carbons (Fsp3) is 0.0625. The normalized spacial score (nSPS) is 10.5. The van der Waals surface area contributed by atoms with Crippen LogP contribution in [0.3, 0.4) is 0 Å². The zero-order valence-corrected chi connectivity index (χ0v) is 11.8. The van der Waals surface area contributed by atoms with Crippen LogP contribution in [-0.2, 0) is 0 Å². The maximum Gasteiger partial charge on any atom is 0.323 e. The van der Waals surface area contributed by atoms with E-state index < -0.39 is 17.7 Å². The van der Waals surface area contributed by atoms with Crippen LogP contribution in [0.1, 0.15) is 5.56 Å². The van der Waals surface area contributed by atoms with Gasteiger partial charge in [0.25, 0.3) is 0 Å². The number of ether oxygens (including phenoxy) is 1. The Morgan fingerprint density at radius 3 is 2.50 bits per heavy atom. The van der Waals surface area contributed by atoms with E-state index >= 15 is 0 Å². The molecule has 0 unspecified atom stereocenters. The highest BCUT2D eigenvalue weighted by atomic mass is 19.1. The maximum atomic E-state index is 13.4. The third-order valence-electron chi connectivity index (χ3n) is 2.79. The number of rotatable bonds is 4. The van der Waals surface area contributed by atoms with Crippen LogP contribution in [0.4, 0.5) is 19.3 Å². The molecule has 0 spiro atoms. The van der Waals surface area contributed by atoms with Crippen molar-refractivity contribution in [1.29, 1.82) is 0 Å². The second-order valence-corrected chi connectivity index (χ2v) is 4.33. The molecule has 0 aromatic heterocycles. The summed E-state index contributed by atoms with van der Waals surface area (Å²) in [4.78, 5) is 11.6. The van der Waals surface area contributed by atoms with Crippen molar-refractivity contribution in [2.45, 2.75) is 0 Å². The first-order valence-electron chi connectivity index (χ1n) is 6.41. The van der Waals surface area contributed by atoms with Gasteiger partial charge in [0.05, 0.1) is 12.8 Å². The van der Waals surface area contributed by atoms with Gasteiger partial charge in [-0.05, 0) is 35.9 Å². The molecule has 0 aliphatic heterocycles. The van der Waals surface area contributed by atoms with E-state index in [9.17, 15) is 13.6 Å². The highest BCUT2D eigenvalue weighted by Crippen LogP contribution is 2.15. The highest BCUT2D eigenvalue weighted by Gasteiger charge is 2.06. The number of urea groups is 1. The Labute approximate surface area is 126 Å². The molecule has 0 radical (unpaired) electrons. The van der Waals surface area contributed by atoms with E-state index in [1.165, 1.54) is 6.20 Å². The second-order valence-electron chi connectivity index (χ2n) is 4.33. The lowest BCUT2D eigenvalue weighted by Gasteiger charge is -2.05. The van der Waals surface area contributed by atoms with Crippen molar-refractivity contribution in [1.82, 2.24) is 5.32 Å². The summed E-state index contributed by atoms with van der Waals surface area (Å²) in [5, 5.41) is 4.71. The molecule has 0 saturated heterocycles. The minimum atomic E-state index is -0.839. The van der Waals surface area contributed by atoms with Gasteiger partial charge < -0.3 is 15.4 Å². The Hall–Kier alpha value is -2.89. The highest BCUT2D eigenvalue weighted by molar-refractivity contribution is 5.90. The van der Waals surface area contributed by atoms with Gasteiger partial charge >= 0.3 is 6.03 Å². The fourth-order valence-corrected chi connectivity index (χ4v) is 1.68. The predicted octanol–water partition coefficient (Wildman–Crippen LogP) is 3.77. The van der Waals surface area contributed by atoms with E-state index in [-0.39, 0.29) is 5.69 Å². The Bertz CT molecular complexity index is 685. The van der Waals surface area contributed by atoms with Gasteiger partial charge in [-0.3, -0.25) is 0 Å². The smallest absolute Gasteiger partial charge is 0.323 e. The van der Waals surface area contributed by atoms with Crippen molar-refractivity contribution in [2.24, 2.45) is 0 Å². The van der Waals surface area contributed by atoms with E-state index in [4.69, 9.17) is 4.74 Å². The molecule has 0 saturated carbocycles. The number of halogens is 2. The number of hydrogen-bond acceptors (Lipinski definition) is 2. The first-order chi connectivity index (χ1) is 10.6. The molecular formula is C16H14F2N2O2. The number of amides is 2. The van der Waals surface area contributed by atoms with Crippen molar-refractivity contribution in [3.8, 4) is 5.75 Å². The molecule has 2 rings (SSSR count). The number of anilines is 1. The summed E-state index contributed by atoms with van der Waals surface area (Å²) in [6.45, 7) is 0. The summed E-state index contributed by atoms with van der Waals surface area (Å²) in [6, 6.07) is 9.48. The van der Waals surface area contributed by atoms with Crippen LogP contribution in [0.5, 0.6) is 5.75 Å². The summed E-state index contributed by atoms with van der Waals surface area (Å²) < 4.78 is 31.1. The van der Waals surface area contributed by atoms with Crippen molar-refractivity contribution >= 4 is 17.8 Å². The molecule has 0 bridgehead atoms. The molecule has 2 aromatic rings. The summed E-state index contributed by atoms with van der Waals surface area (Å²) in [7, 11) is 1.57. The predicted molar refractivity (Wildman–Crippen MR) is 80.5 cm³/mol. The quantitative estimate of drug-likeness (QED) is 0.903. The van der Waals surface area contributed by atoms with Crippen LogP contribution < -0.4 is 15.4 Å². The van der Waals surface area contributed by atoms with Gasteiger partial charge in [-0.2, -0.15) is 0 Å². The molecule has 0 aliphatic carbocycles. The molecular weight excluding hydrogens is 290 g/mol. The Morgan fingerprint density at radius 2 is 1.86 bits per heavy atom. The molecule has 0 heterocycles. The van der Waals surface area contributed by atoms with Gasteiger partial charge in [-0.15, -0.1) is 0 Å². The van der Waals surface area contributed by atoms with Crippen molar-refractivity contribution < 1.29 is 18.3 Å². The lowest BCUT2D eigenvalue weighted by atomic mass is 10.2. The lowest BCUT2D eigenvalue weighted by Crippen LogP contribution is -2.24. The van der Waals surface area contributed by atoms with Gasteiger partial charge in [-0.1, -0.05) is 12.1 Å². The van der Waals surface area contributed by atoms with E-state index in [1.807, 2.05) is 12.1 Å². The molecule has 114 valence electrons. The Morgan fingerprint density at radius 1 is 1.14 bits per heavy atom. The van der Waals surface area contributed by atoms with Crippen LogP contribution in [0, 0.1) is 11.6 Å². The molecule has 2 amide bonds. The third-order valence-corrected chi connectivity index (χ3v) is 2.79. The number of benzene rings is 2. The molecule has 0 aliphatic rings. The van der Waals surface area contributed by atoms with Crippen LogP contribution in [-0.4, -0.2) is 13.1 Å². The second kappa shape index (κ2) is 7.21. The zero-order chi connectivity index (χ0) is 15.9. The summed E-state index contributed by atoms with van der Waals surface area (Å²) in [5.41, 5.74) is 0.755. The Kier molecular flexibility index (Phi) is 5.08. The van der Waals surface area contributed by atoms with Crippen LogP contribution in [0.25, 0.3) is 6.08 Å². The monoisotopic (exact) mass is 304 g/mol. The van der Waals surface area contributed by atoms with Crippen molar-refractivity contribution in [2.75, 3.05) is 12.4 Å². The van der Waals surface area contributed by atoms with Crippen LogP contribution >= 0.6 is 0 Å². The van der Waals surface area contributed by atoms with Gasteiger partial charge in [0, 0.05) is 12.3 Å². The first kappa shape index (κ1) is 15.5. The van der Waals surface area contributed by atoms with Gasteiger partial charge in [-0.25, -0.2) is 13.6 Å². The Balaban J connectivity index is 1.90. The topological polar surface area (TPSA) is 50.4 Å². The first-order valence-corrected chi connectivity index (χ1v) is 6.41. The zero-order valence-electron chi connectivity index (χ0n) is 11.8. The van der Waals surface area contributed by atoms with E-state index in [1.54, 1.807) is 25.3 Å². The maximum absolute atomic E-state index is 13.4. The summed E-state index contributed by atoms with van der Waals surface area (Å²) >= 11 is 0. The van der Waals surface area contributed by atoms with E-state index in [2.05, 4.69) is 10.6 Å². The number of methoxy groups -OCH3 is 1. The van der Waals surface area contributed by atoms with Gasteiger partial charge in [0.2, 0.25) is 0 Å². The average molecular weight is 304 g/mol. The van der Waals surface area contributed by atoms with E-state index in [0.717, 1.165) is 23.4 Å². The number of carbonyl (C=O) groups excluding carboxylic acids is 1. The molecule has 6 heteroatoms. The van der Waals surface area contributed by atoms with Crippen LogP contribution in [0.15, 0.2) is 48.7 Å². The molecule has 0 atom stereocenters. The standard InChI is InChI=1S/C16H14F2N2O2/c1-22-13-5-2-11(3-6-13)8-9-19-16(21)20-15-7-4-12(17)10-14(15)18/h2-10H,1H3,(H2,19,20,21)/b9-8+. The molecule has 0 fully saturated rings. The summed E-state index contributed by atoms with van der Waals surface area (Å²) in [5.74, 6) is -0.813. The largest absolute Gasteiger partial charge is 0.497 e. The third kappa shape index (κ3) is 4.31. The van der Waals surface area contributed by atoms with E-state index in [0.29, 0.717) is 6.07 Å². The molecule has 4 nitrogen and oxygen atoms in total. The molecule has 2 aromatic carbocycles.